The lowest BCUT2D eigenvalue weighted by atomic mass is 10.1. The van der Waals surface area contributed by atoms with Crippen LogP contribution in [0.3, 0.4) is 0 Å². The number of rotatable bonds is 4. The fourth-order valence-electron chi connectivity index (χ4n) is 3.39. The molecule has 1 amide bonds. The van der Waals surface area contributed by atoms with Crippen molar-refractivity contribution in [2.45, 2.75) is 11.1 Å². The van der Waals surface area contributed by atoms with Gasteiger partial charge < -0.3 is 4.90 Å². The first kappa shape index (κ1) is 22.0. The molecule has 8 nitrogen and oxygen atoms in total. The van der Waals surface area contributed by atoms with Gasteiger partial charge in [0.1, 0.15) is 12.7 Å². The second-order valence-electron chi connectivity index (χ2n) is 7.11. The third-order valence-corrected chi connectivity index (χ3v) is 7.02. The molecule has 0 bridgehead atoms. The number of carbonyl (C=O) groups is 1. The van der Waals surface area contributed by atoms with Gasteiger partial charge in [-0.25, -0.2) is 18.1 Å². The third-order valence-electron chi connectivity index (χ3n) is 5.12. The minimum absolute atomic E-state index is 0.0125. The van der Waals surface area contributed by atoms with Crippen molar-refractivity contribution in [3.63, 3.8) is 0 Å². The Morgan fingerprint density at radius 3 is 2.25 bits per heavy atom. The summed E-state index contributed by atoms with van der Waals surface area (Å²) in [6.45, 7) is 0.229. The van der Waals surface area contributed by atoms with Gasteiger partial charge in [0.25, 0.3) is 5.91 Å². The molecule has 1 aromatic heterocycles. The lowest BCUT2D eigenvalue weighted by Gasteiger charge is -2.34. The van der Waals surface area contributed by atoms with Crippen LogP contribution in [0.25, 0.3) is 5.69 Å². The van der Waals surface area contributed by atoms with Crippen molar-refractivity contribution >= 4 is 15.9 Å². The topological polar surface area (TPSA) is 88.4 Å². The second-order valence-corrected chi connectivity index (χ2v) is 9.05. The first-order valence-electron chi connectivity index (χ1n) is 9.58. The highest BCUT2D eigenvalue weighted by Gasteiger charge is 2.34. The predicted molar refractivity (Wildman–Crippen MR) is 107 cm³/mol. The molecule has 0 radical (unpaired) electrons. The van der Waals surface area contributed by atoms with E-state index in [2.05, 4.69) is 10.1 Å². The zero-order valence-corrected chi connectivity index (χ0v) is 17.4. The van der Waals surface area contributed by atoms with Crippen LogP contribution in [0.1, 0.15) is 15.9 Å². The van der Waals surface area contributed by atoms with Crippen molar-refractivity contribution in [1.82, 2.24) is 24.0 Å². The minimum Gasteiger partial charge on any atom is -0.336 e. The van der Waals surface area contributed by atoms with Crippen LogP contribution in [0.2, 0.25) is 0 Å². The van der Waals surface area contributed by atoms with E-state index < -0.39 is 26.7 Å². The molecular weight excluding hydrogens is 447 g/mol. The average molecular weight is 465 g/mol. The maximum atomic E-state index is 12.9. The molecule has 1 aliphatic rings. The summed E-state index contributed by atoms with van der Waals surface area (Å²) >= 11 is 0. The SMILES string of the molecule is O=C(c1ccc(-n2cncn2)cc1)N1CCN(S(=O)(=O)c2cccc(C(F)(F)F)c2)CC1. The third kappa shape index (κ3) is 4.36. The van der Waals surface area contributed by atoms with Crippen molar-refractivity contribution in [2.24, 2.45) is 0 Å². The Hall–Kier alpha value is -3.25. The Labute approximate surface area is 181 Å². The van der Waals surface area contributed by atoms with Crippen molar-refractivity contribution in [1.29, 1.82) is 0 Å². The van der Waals surface area contributed by atoms with Crippen LogP contribution < -0.4 is 0 Å². The van der Waals surface area contributed by atoms with E-state index in [4.69, 9.17) is 0 Å². The molecule has 32 heavy (non-hydrogen) atoms. The molecule has 0 aliphatic carbocycles. The van der Waals surface area contributed by atoms with Crippen LogP contribution in [0, 0.1) is 0 Å². The molecule has 0 N–H and O–H groups in total. The normalized spacial score (nSPS) is 15.7. The first-order valence-corrected chi connectivity index (χ1v) is 11.0. The van der Waals surface area contributed by atoms with Gasteiger partial charge in [-0.1, -0.05) is 6.07 Å². The summed E-state index contributed by atoms with van der Waals surface area (Å²) in [6.07, 6.45) is -1.72. The quantitative estimate of drug-likeness (QED) is 0.591. The van der Waals surface area contributed by atoms with Crippen LogP contribution >= 0.6 is 0 Å². The molecule has 12 heteroatoms. The van der Waals surface area contributed by atoms with E-state index in [1.54, 1.807) is 28.9 Å². The molecular formula is C20H18F3N5O3S. The van der Waals surface area contributed by atoms with E-state index in [1.807, 2.05) is 0 Å². The number of alkyl halides is 3. The number of carbonyl (C=O) groups excluding carboxylic acids is 1. The Morgan fingerprint density at radius 1 is 0.969 bits per heavy atom. The number of nitrogens with zero attached hydrogens (tertiary/aromatic N) is 5. The van der Waals surface area contributed by atoms with Crippen molar-refractivity contribution in [3.8, 4) is 5.69 Å². The van der Waals surface area contributed by atoms with Gasteiger partial charge in [-0.05, 0) is 42.5 Å². The summed E-state index contributed by atoms with van der Waals surface area (Å²) in [4.78, 5) is 17.7. The van der Waals surface area contributed by atoms with Gasteiger partial charge in [0.2, 0.25) is 10.0 Å². The van der Waals surface area contributed by atoms with Crippen LogP contribution in [0.4, 0.5) is 13.2 Å². The zero-order valence-electron chi connectivity index (χ0n) is 16.6. The van der Waals surface area contributed by atoms with Crippen molar-refractivity contribution < 1.29 is 26.4 Å². The van der Waals surface area contributed by atoms with Gasteiger partial charge in [-0.15, -0.1) is 0 Å². The Balaban J connectivity index is 1.43. The summed E-state index contributed by atoms with van der Waals surface area (Å²) in [5, 5.41) is 4.01. The number of piperazine rings is 1. The summed E-state index contributed by atoms with van der Waals surface area (Å²) in [6, 6.07) is 10.4. The number of hydrogen-bond donors (Lipinski definition) is 0. The average Bonchev–Trinajstić information content (AvgIpc) is 3.33. The van der Waals surface area contributed by atoms with Crippen molar-refractivity contribution in [2.75, 3.05) is 26.2 Å². The number of aromatic nitrogens is 3. The fourth-order valence-corrected chi connectivity index (χ4v) is 4.86. The summed E-state index contributed by atoms with van der Waals surface area (Å²) in [7, 11) is -4.11. The predicted octanol–water partition coefficient (Wildman–Crippen LogP) is 2.43. The molecule has 1 fully saturated rings. The van der Waals surface area contributed by atoms with Gasteiger partial charge in [0.05, 0.1) is 16.1 Å². The standard InChI is InChI=1S/C20H18F3N5O3S/c21-20(22,23)16-2-1-3-18(12-16)32(30,31)27-10-8-26(9-11-27)19(29)15-4-6-17(7-5-15)28-14-24-13-25-28/h1-7,12-14H,8-11H2. The van der Waals surface area contributed by atoms with Gasteiger partial charge in [0, 0.05) is 31.7 Å². The highest BCUT2D eigenvalue weighted by atomic mass is 32.2. The molecule has 0 spiro atoms. The molecule has 1 saturated heterocycles. The Morgan fingerprint density at radius 2 is 1.66 bits per heavy atom. The van der Waals surface area contributed by atoms with Gasteiger partial charge in [-0.3, -0.25) is 4.79 Å². The van der Waals surface area contributed by atoms with E-state index in [-0.39, 0.29) is 32.1 Å². The molecule has 0 atom stereocenters. The van der Waals surface area contributed by atoms with Crippen LogP contribution in [0.15, 0.2) is 66.1 Å². The summed E-state index contributed by atoms with van der Waals surface area (Å²) < 4.78 is 67.1. The summed E-state index contributed by atoms with van der Waals surface area (Å²) in [5.41, 5.74) is 0.140. The molecule has 0 saturated carbocycles. The lowest BCUT2D eigenvalue weighted by Crippen LogP contribution is -2.50. The second kappa shape index (κ2) is 8.36. The largest absolute Gasteiger partial charge is 0.416 e. The Kier molecular flexibility index (Phi) is 5.73. The molecule has 3 aromatic rings. The maximum absolute atomic E-state index is 12.9. The van der Waals surface area contributed by atoms with Gasteiger partial charge in [-0.2, -0.15) is 22.6 Å². The number of hydrogen-bond acceptors (Lipinski definition) is 5. The van der Waals surface area contributed by atoms with E-state index in [0.29, 0.717) is 11.6 Å². The number of amides is 1. The van der Waals surface area contributed by atoms with Crippen LogP contribution in [0.5, 0.6) is 0 Å². The van der Waals surface area contributed by atoms with Crippen LogP contribution in [-0.2, 0) is 16.2 Å². The van der Waals surface area contributed by atoms with Crippen molar-refractivity contribution in [3.05, 3.63) is 72.3 Å². The number of halogens is 3. The zero-order chi connectivity index (χ0) is 22.9. The molecule has 0 unspecified atom stereocenters. The molecule has 4 rings (SSSR count). The fraction of sp³-hybridized carbons (Fsp3) is 0.250. The Bertz CT molecular complexity index is 1200. The summed E-state index contributed by atoms with van der Waals surface area (Å²) in [5.74, 6) is -0.258. The monoisotopic (exact) mass is 465 g/mol. The van der Waals surface area contributed by atoms with Gasteiger partial charge in [0.15, 0.2) is 0 Å². The molecule has 168 valence electrons. The van der Waals surface area contributed by atoms with E-state index in [9.17, 15) is 26.4 Å². The maximum Gasteiger partial charge on any atom is 0.416 e. The van der Waals surface area contributed by atoms with Crippen LogP contribution in [-0.4, -0.2) is 64.5 Å². The lowest BCUT2D eigenvalue weighted by molar-refractivity contribution is -0.137. The highest BCUT2D eigenvalue weighted by Crippen LogP contribution is 2.31. The van der Waals surface area contributed by atoms with E-state index in [1.165, 1.54) is 17.6 Å². The van der Waals surface area contributed by atoms with Gasteiger partial charge >= 0.3 is 6.18 Å². The highest BCUT2D eigenvalue weighted by molar-refractivity contribution is 7.89. The number of benzene rings is 2. The molecule has 2 heterocycles. The minimum atomic E-state index is -4.64. The number of sulfonamides is 1. The first-order chi connectivity index (χ1) is 15.2. The molecule has 1 aliphatic heterocycles. The molecule has 2 aromatic carbocycles. The van der Waals surface area contributed by atoms with E-state index in [0.717, 1.165) is 28.2 Å². The smallest absolute Gasteiger partial charge is 0.336 e. The van der Waals surface area contributed by atoms with E-state index >= 15 is 0 Å².